The highest BCUT2D eigenvalue weighted by atomic mass is 16.5. The van der Waals surface area contributed by atoms with E-state index in [0.717, 1.165) is 75.3 Å². The number of nitrogens with one attached hydrogen (secondary N) is 3. The molecule has 152 valence electrons. The quantitative estimate of drug-likeness (QED) is 0.328. The van der Waals surface area contributed by atoms with Gasteiger partial charge in [-0.3, -0.25) is 5.10 Å². The van der Waals surface area contributed by atoms with Gasteiger partial charge in [0, 0.05) is 37.8 Å². The Hall–Kier alpha value is -2.45. The molecule has 0 amide bonds. The Bertz CT molecular complexity index is 713. The number of benzene rings is 1. The summed E-state index contributed by atoms with van der Waals surface area (Å²) < 4.78 is 11.1. The highest BCUT2D eigenvalue weighted by molar-refractivity contribution is 5.79. The second kappa shape index (κ2) is 11.4. The zero-order valence-electron chi connectivity index (χ0n) is 16.5. The Balaban J connectivity index is 1.41. The lowest BCUT2D eigenvalue weighted by molar-refractivity contribution is 0.0888. The van der Waals surface area contributed by atoms with Crippen molar-refractivity contribution < 1.29 is 9.47 Å². The van der Waals surface area contributed by atoms with Gasteiger partial charge in [0.2, 0.25) is 0 Å². The smallest absolute Gasteiger partial charge is 0.191 e. The Morgan fingerprint density at radius 1 is 1.39 bits per heavy atom. The van der Waals surface area contributed by atoms with Crippen molar-refractivity contribution in [2.24, 2.45) is 10.9 Å². The number of nitrogens with zero attached hydrogens (tertiary/aromatic N) is 3. The minimum Gasteiger partial charge on any atom is -0.381 e. The van der Waals surface area contributed by atoms with Crippen LogP contribution in [0.2, 0.25) is 0 Å². The predicted molar refractivity (Wildman–Crippen MR) is 109 cm³/mol. The maximum Gasteiger partial charge on any atom is 0.191 e. The van der Waals surface area contributed by atoms with Crippen LogP contribution in [0.25, 0.3) is 11.4 Å². The number of H-pyrrole nitrogens is 1. The molecule has 1 unspecified atom stereocenters. The fraction of sp³-hybridized carbons (Fsp3) is 0.550. The third-order valence-corrected chi connectivity index (χ3v) is 4.51. The second-order valence-electron chi connectivity index (χ2n) is 6.81. The minimum absolute atomic E-state index is 0.569. The van der Waals surface area contributed by atoms with E-state index in [1.165, 1.54) is 6.33 Å². The van der Waals surface area contributed by atoms with Crippen molar-refractivity contribution in [1.29, 1.82) is 0 Å². The zero-order chi connectivity index (χ0) is 19.4. The third kappa shape index (κ3) is 6.61. The molecule has 1 saturated heterocycles. The molecule has 1 atom stereocenters. The number of guanidine groups is 1. The first kappa shape index (κ1) is 20.3. The van der Waals surface area contributed by atoms with Crippen molar-refractivity contribution in [2.45, 2.75) is 26.3 Å². The van der Waals surface area contributed by atoms with E-state index in [0.29, 0.717) is 12.5 Å². The SMILES string of the molecule is CCNC(=NCc1cccc(-c2ncn[nH]2)c1)NCCCOCC1CCOC1. The molecule has 0 saturated carbocycles. The second-order valence-corrected chi connectivity index (χ2v) is 6.81. The summed E-state index contributed by atoms with van der Waals surface area (Å²) in [5, 5.41) is 13.4. The molecule has 8 nitrogen and oxygen atoms in total. The summed E-state index contributed by atoms with van der Waals surface area (Å²) in [7, 11) is 0. The first-order valence-electron chi connectivity index (χ1n) is 9.97. The first-order valence-corrected chi connectivity index (χ1v) is 9.97. The van der Waals surface area contributed by atoms with Crippen LogP contribution in [0.5, 0.6) is 0 Å². The van der Waals surface area contributed by atoms with Gasteiger partial charge in [-0.1, -0.05) is 18.2 Å². The van der Waals surface area contributed by atoms with Gasteiger partial charge in [0.25, 0.3) is 0 Å². The van der Waals surface area contributed by atoms with Gasteiger partial charge < -0.3 is 20.1 Å². The van der Waals surface area contributed by atoms with Gasteiger partial charge in [-0.05, 0) is 31.4 Å². The number of hydrogen-bond donors (Lipinski definition) is 3. The largest absolute Gasteiger partial charge is 0.381 e. The van der Waals surface area contributed by atoms with E-state index >= 15 is 0 Å². The fourth-order valence-corrected chi connectivity index (χ4v) is 3.02. The average Bonchev–Trinajstić information content (AvgIpc) is 3.43. The number of hydrogen-bond acceptors (Lipinski definition) is 5. The van der Waals surface area contributed by atoms with Crippen molar-refractivity contribution in [3.05, 3.63) is 36.2 Å². The van der Waals surface area contributed by atoms with Gasteiger partial charge in [-0.2, -0.15) is 5.10 Å². The van der Waals surface area contributed by atoms with Crippen molar-refractivity contribution in [1.82, 2.24) is 25.8 Å². The summed E-state index contributed by atoms with van der Waals surface area (Å²) >= 11 is 0. The molecule has 1 fully saturated rings. The van der Waals surface area contributed by atoms with Gasteiger partial charge in [0.1, 0.15) is 6.33 Å². The monoisotopic (exact) mass is 386 g/mol. The van der Waals surface area contributed by atoms with E-state index in [4.69, 9.17) is 9.47 Å². The lowest BCUT2D eigenvalue weighted by Gasteiger charge is -2.12. The molecule has 1 aromatic heterocycles. The molecular weight excluding hydrogens is 356 g/mol. The van der Waals surface area contributed by atoms with Crippen molar-refractivity contribution >= 4 is 5.96 Å². The van der Waals surface area contributed by atoms with Crippen LogP contribution in [-0.4, -0.2) is 60.7 Å². The number of rotatable bonds is 10. The van der Waals surface area contributed by atoms with Gasteiger partial charge in [0.15, 0.2) is 11.8 Å². The Labute approximate surface area is 166 Å². The summed E-state index contributed by atoms with van der Waals surface area (Å²) in [6.45, 7) is 7.57. The number of ether oxygens (including phenoxy) is 2. The van der Waals surface area contributed by atoms with Crippen molar-refractivity contribution in [3.8, 4) is 11.4 Å². The first-order chi connectivity index (χ1) is 13.8. The van der Waals surface area contributed by atoms with E-state index < -0.39 is 0 Å². The number of aliphatic imine (C=N–C) groups is 1. The van der Waals surface area contributed by atoms with E-state index in [-0.39, 0.29) is 0 Å². The lowest BCUT2D eigenvalue weighted by Crippen LogP contribution is -2.38. The third-order valence-electron chi connectivity index (χ3n) is 4.51. The van der Waals surface area contributed by atoms with Crippen LogP contribution >= 0.6 is 0 Å². The summed E-state index contributed by atoms with van der Waals surface area (Å²) in [6.07, 6.45) is 3.57. The maximum atomic E-state index is 5.74. The molecule has 28 heavy (non-hydrogen) atoms. The number of aromatic amines is 1. The summed E-state index contributed by atoms with van der Waals surface area (Å²) in [4.78, 5) is 8.87. The summed E-state index contributed by atoms with van der Waals surface area (Å²) in [6, 6.07) is 8.16. The van der Waals surface area contributed by atoms with Crippen molar-refractivity contribution in [3.63, 3.8) is 0 Å². The average molecular weight is 387 g/mol. The van der Waals surface area contributed by atoms with E-state index in [1.807, 2.05) is 12.1 Å². The minimum atomic E-state index is 0.569. The molecular formula is C20H30N6O2. The van der Waals surface area contributed by atoms with E-state index in [2.05, 4.69) is 49.9 Å². The van der Waals surface area contributed by atoms with Crippen LogP contribution < -0.4 is 10.6 Å². The molecule has 8 heteroatoms. The Morgan fingerprint density at radius 3 is 3.14 bits per heavy atom. The zero-order valence-corrected chi connectivity index (χ0v) is 16.5. The predicted octanol–water partition coefficient (Wildman–Crippen LogP) is 1.97. The highest BCUT2D eigenvalue weighted by Gasteiger charge is 2.15. The number of aromatic nitrogens is 3. The van der Waals surface area contributed by atoms with Gasteiger partial charge >= 0.3 is 0 Å². The molecule has 0 aliphatic carbocycles. The van der Waals surface area contributed by atoms with Crippen LogP contribution in [0, 0.1) is 5.92 Å². The molecule has 3 N–H and O–H groups in total. The Morgan fingerprint density at radius 2 is 2.36 bits per heavy atom. The molecule has 0 bridgehead atoms. The molecule has 3 rings (SSSR count). The molecule has 0 radical (unpaired) electrons. The van der Waals surface area contributed by atoms with Crippen LogP contribution in [0.4, 0.5) is 0 Å². The summed E-state index contributed by atoms with van der Waals surface area (Å²) in [5.41, 5.74) is 2.13. The van der Waals surface area contributed by atoms with Crippen molar-refractivity contribution in [2.75, 3.05) is 39.5 Å². The van der Waals surface area contributed by atoms with Crippen LogP contribution in [-0.2, 0) is 16.0 Å². The molecule has 0 spiro atoms. The van der Waals surface area contributed by atoms with E-state index in [1.54, 1.807) is 0 Å². The maximum absolute atomic E-state index is 5.74. The van der Waals surface area contributed by atoms with Gasteiger partial charge in [-0.25, -0.2) is 9.98 Å². The van der Waals surface area contributed by atoms with Crippen LogP contribution in [0.3, 0.4) is 0 Å². The normalized spacial score (nSPS) is 17.0. The van der Waals surface area contributed by atoms with E-state index in [9.17, 15) is 0 Å². The van der Waals surface area contributed by atoms with Crippen LogP contribution in [0.15, 0.2) is 35.6 Å². The van der Waals surface area contributed by atoms with Crippen LogP contribution in [0.1, 0.15) is 25.3 Å². The molecule has 1 aromatic carbocycles. The van der Waals surface area contributed by atoms with Gasteiger partial charge in [-0.15, -0.1) is 0 Å². The lowest BCUT2D eigenvalue weighted by atomic mass is 10.1. The standard InChI is InChI=1S/C20H30N6O2/c1-2-21-20(22-8-4-9-27-13-17-7-10-28-14-17)23-12-16-5-3-6-18(11-16)19-24-15-25-26-19/h3,5-6,11,15,17H,2,4,7-10,12-14H2,1H3,(H2,21,22,23)(H,24,25,26). The molecule has 2 aromatic rings. The highest BCUT2D eigenvalue weighted by Crippen LogP contribution is 2.16. The van der Waals surface area contributed by atoms with Gasteiger partial charge in [0.05, 0.1) is 19.8 Å². The summed E-state index contributed by atoms with van der Waals surface area (Å²) in [5.74, 6) is 2.15. The molecule has 1 aliphatic heterocycles. The fourth-order valence-electron chi connectivity index (χ4n) is 3.02. The molecule has 1 aliphatic rings. The molecule has 2 heterocycles. The topological polar surface area (TPSA) is 96.5 Å². The Kier molecular flexibility index (Phi) is 8.26.